The maximum Gasteiger partial charge on any atom is 0.252 e. The normalized spacial score (nSPS) is 18.6. The molecule has 1 aliphatic rings. The number of carbonyl (C=O) groups is 1. The third-order valence-electron chi connectivity index (χ3n) is 3.85. The average Bonchev–Trinajstić information content (AvgIpc) is 2.64. The highest BCUT2D eigenvalue weighted by molar-refractivity contribution is 6.03. The van der Waals surface area contributed by atoms with E-state index in [9.17, 15) is 4.79 Å². The first-order valence-electron chi connectivity index (χ1n) is 6.93. The summed E-state index contributed by atoms with van der Waals surface area (Å²) < 4.78 is 0. The van der Waals surface area contributed by atoms with Gasteiger partial charge in [-0.1, -0.05) is 38.1 Å². The SMILES string of the molecule is CC(C)C1CC(C(=O)NC=NN)=Cc2ccccc2C1. The molecule has 3 N–H and O–H groups in total. The fourth-order valence-corrected chi connectivity index (χ4v) is 2.56. The zero-order valence-electron chi connectivity index (χ0n) is 12.0. The molecule has 20 heavy (non-hydrogen) atoms. The summed E-state index contributed by atoms with van der Waals surface area (Å²) in [6.45, 7) is 4.41. The number of hydrogen-bond donors (Lipinski definition) is 2. The molecule has 0 saturated carbocycles. The van der Waals surface area contributed by atoms with Crippen molar-refractivity contribution in [3.63, 3.8) is 0 Å². The molecule has 1 aromatic carbocycles. The first kappa shape index (κ1) is 14.3. The predicted molar refractivity (Wildman–Crippen MR) is 81.9 cm³/mol. The van der Waals surface area contributed by atoms with E-state index in [2.05, 4.69) is 42.5 Å². The highest BCUT2D eigenvalue weighted by atomic mass is 16.1. The van der Waals surface area contributed by atoms with Crippen molar-refractivity contribution < 1.29 is 4.79 Å². The van der Waals surface area contributed by atoms with Gasteiger partial charge in [-0.2, -0.15) is 5.10 Å². The van der Waals surface area contributed by atoms with Gasteiger partial charge in [0.2, 0.25) is 0 Å². The van der Waals surface area contributed by atoms with Gasteiger partial charge in [0, 0.05) is 5.57 Å². The maximum atomic E-state index is 12.2. The highest BCUT2D eigenvalue weighted by Crippen LogP contribution is 2.31. The summed E-state index contributed by atoms with van der Waals surface area (Å²) in [6.07, 6.45) is 4.99. The first-order valence-corrected chi connectivity index (χ1v) is 6.93. The molecule has 1 aromatic rings. The molecule has 0 radical (unpaired) electrons. The zero-order valence-corrected chi connectivity index (χ0v) is 12.0. The second kappa shape index (κ2) is 6.37. The smallest absolute Gasteiger partial charge is 0.252 e. The average molecular weight is 271 g/mol. The molecule has 1 amide bonds. The number of fused-ring (bicyclic) bond motifs is 1. The van der Waals surface area contributed by atoms with E-state index in [0.29, 0.717) is 11.8 Å². The van der Waals surface area contributed by atoms with Crippen molar-refractivity contribution in [2.45, 2.75) is 26.7 Å². The molecule has 1 aliphatic carbocycles. The Hall–Kier alpha value is -2.10. The molecule has 0 bridgehead atoms. The number of hydrogen-bond acceptors (Lipinski definition) is 3. The Balaban J connectivity index is 2.34. The first-order chi connectivity index (χ1) is 9.61. The van der Waals surface area contributed by atoms with E-state index < -0.39 is 0 Å². The zero-order chi connectivity index (χ0) is 14.5. The Morgan fingerprint density at radius 2 is 2.15 bits per heavy atom. The summed E-state index contributed by atoms with van der Waals surface area (Å²) in [5.74, 6) is 5.89. The third kappa shape index (κ3) is 3.26. The second-order valence-electron chi connectivity index (χ2n) is 5.53. The van der Waals surface area contributed by atoms with E-state index in [-0.39, 0.29) is 5.91 Å². The molecule has 2 rings (SSSR count). The second-order valence-corrected chi connectivity index (χ2v) is 5.53. The molecular weight excluding hydrogens is 250 g/mol. The lowest BCUT2D eigenvalue weighted by Crippen LogP contribution is -2.25. The van der Waals surface area contributed by atoms with Gasteiger partial charge in [0.25, 0.3) is 5.91 Å². The summed E-state index contributed by atoms with van der Waals surface area (Å²) in [6, 6.07) is 8.25. The fourth-order valence-electron chi connectivity index (χ4n) is 2.56. The van der Waals surface area contributed by atoms with Gasteiger partial charge in [-0.25, -0.2) is 0 Å². The molecular formula is C16H21N3O. The van der Waals surface area contributed by atoms with Gasteiger partial charge in [0.15, 0.2) is 0 Å². The minimum absolute atomic E-state index is 0.124. The summed E-state index contributed by atoms with van der Waals surface area (Å²) >= 11 is 0. The molecule has 4 nitrogen and oxygen atoms in total. The van der Waals surface area contributed by atoms with Crippen LogP contribution in [0.5, 0.6) is 0 Å². The molecule has 0 aliphatic heterocycles. The summed E-state index contributed by atoms with van der Waals surface area (Å²) in [5.41, 5.74) is 3.22. The number of hydrazone groups is 1. The quantitative estimate of drug-likeness (QED) is 0.383. The van der Waals surface area contributed by atoms with Gasteiger partial charge in [-0.3, -0.25) is 4.79 Å². The van der Waals surface area contributed by atoms with E-state index in [1.54, 1.807) is 0 Å². The summed E-state index contributed by atoms with van der Waals surface area (Å²) in [5, 5.41) is 5.90. The number of nitrogens with one attached hydrogen (secondary N) is 1. The number of benzene rings is 1. The largest absolute Gasteiger partial charge is 0.322 e. The Labute approximate surface area is 119 Å². The van der Waals surface area contributed by atoms with Crippen LogP contribution >= 0.6 is 0 Å². The molecule has 1 unspecified atom stereocenters. The van der Waals surface area contributed by atoms with E-state index >= 15 is 0 Å². The summed E-state index contributed by atoms with van der Waals surface area (Å²) in [7, 11) is 0. The minimum atomic E-state index is -0.124. The van der Waals surface area contributed by atoms with Gasteiger partial charge in [-0.05, 0) is 41.9 Å². The van der Waals surface area contributed by atoms with Crippen LogP contribution in [0.4, 0.5) is 0 Å². The van der Waals surface area contributed by atoms with Crippen molar-refractivity contribution in [3.8, 4) is 0 Å². The number of rotatable bonds is 3. The van der Waals surface area contributed by atoms with Crippen molar-refractivity contribution in [3.05, 3.63) is 41.0 Å². The Bertz CT molecular complexity index is 546. The van der Waals surface area contributed by atoms with Gasteiger partial charge < -0.3 is 11.2 Å². The molecule has 0 aromatic heterocycles. The lowest BCUT2D eigenvalue weighted by molar-refractivity contribution is -0.116. The highest BCUT2D eigenvalue weighted by Gasteiger charge is 2.23. The number of nitrogens with zero attached hydrogens (tertiary/aromatic N) is 1. The predicted octanol–water partition coefficient (Wildman–Crippen LogP) is 2.31. The lowest BCUT2D eigenvalue weighted by atomic mass is 9.85. The van der Waals surface area contributed by atoms with Crippen LogP contribution in [0.2, 0.25) is 0 Å². The van der Waals surface area contributed by atoms with Crippen LogP contribution in [0.25, 0.3) is 6.08 Å². The third-order valence-corrected chi connectivity index (χ3v) is 3.85. The monoisotopic (exact) mass is 271 g/mol. The van der Waals surface area contributed by atoms with Crippen LogP contribution < -0.4 is 11.2 Å². The van der Waals surface area contributed by atoms with E-state index in [1.165, 1.54) is 11.9 Å². The van der Waals surface area contributed by atoms with Crippen molar-refractivity contribution in [1.29, 1.82) is 0 Å². The van der Waals surface area contributed by atoms with E-state index in [4.69, 9.17) is 5.84 Å². The van der Waals surface area contributed by atoms with Crippen LogP contribution in [0, 0.1) is 11.8 Å². The van der Waals surface area contributed by atoms with Crippen LogP contribution in [0.15, 0.2) is 34.9 Å². The lowest BCUT2D eigenvalue weighted by Gasteiger charge is -2.20. The van der Waals surface area contributed by atoms with Gasteiger partial charge in [0.05, 0.1) is 0 Å². The van der Waals surface area contributed by atoms with Crippen LogP contribution in [0.1, 0.15) is 31.4 Å². The van der Waals surface area contributed by atoms with E-state index in [1.807, 2.05) is 12.1 Å². The number of nitrogens with two attached hydrogens (primary N) is 1. The Kier molecular flexibility index (Phi) is 4.56. The number of amides is 1. The van der Waals surface area contributed by atoms with Crippen molar-refractivity contribution in [2.24, 2.45) is 22.8 Å². The molecule has 0 fully saturated rings. The molecule has 0 saturated heterocycles. The van der Waals surface area contributed by atoms with Gasteiger partial charge in [-0.15, -0.1) is 0 Å². The van der Waals surface area contributed by atoms with Gasteiger partial charge in [0.1, 0.15) is 6.34 Å². The Morgan fingerprint density at radius 3 is 2.85 bits per heavy atom. The standard InChI is InChI=1S/C16H21N3O/c1-11(2)14-7-12-5-3-4-6-13(12)8-15(9-14)16(20)18-10-19-17/h3-6,8,10-11,14H,7,9,17H2,1-2H3,(H,18,19,20). The van der Waals surface area contributed by atoms with Crippen LogP contribution in [-0.2, 0) is 11.2 Å². The topological polar surface area (TPSA) is 67.5 Å². The molecule has 0 heterocycles. The van der Waals surface area contributed by atoms with Crippen LogP contribution in [0.3, 0.4) is 0 Å². The molecule has 106 valence electrons. The van der Waals surface area contributed by atoms with Crippen LogP contribution in [-0.4, -0.2) is 12.2 Å². The maximum absolute atomic E-state index is 12.2. The Morgan fingerprint density at radius 1 is 1.40 bits per heavy atom. The van der Waals surface area contributed by atoms with Gasteiger partial charge >= 0.3 is 0 Å². The molecule has 4 heteroatoms. The summed E-state index contributed by atoms with van der Waals surface area (Å²) in [4.78, 5) is 12.2. The molecule has 1 atom stereocenters. The van der Waals surface area contributed by atoms with Crippen molar-refractivity contribution in [2.75, 3.05) is 0 Å². The van der Waals surface area contributed by atoms with Crippen molar-refractivity contribution >= 4 is 18.3 Å². The van der Waals surface area contributed by atoms with Crippen molar-refractivity contribution in [1.82, 2.24) is 5.32 Å². The minimum Gasteiger partial charge on any atom is -0.322 e. The fraction of sp³-hybridized carbons (Fsp3) is 0.375. The number of carbonyl (C=O) groups excluding carboxylic acids is 1. The van der Waals surface area contributed by atoms with E-state index in [0.717, 1.165) is 24.0 Å². The molecule has 0 spiro atoms.